The summed E-state index contributed by atoms with van der Waals surface area (Å²) < 4.78 is 0. The number of aromatic nitrogens is 1. The van der Waals surface area contributed by atoms with E-state index in [1.807, 2.05) is 18.2 Å². The van der Waals surface area contributed by atoms with E-state index in [-0.39, 0.29) is 16.3 Å². The van der Waals surface area contributed by atoms with E-state index in [1.165, 1.54) is 18.7 Å². The van der Waals surface area contributed by atoms with E-state index in [1.54, 1.807) is 17.2 Å². The Balaban J connectivity index is 2.02. The van der Waals surface area contributed by atoms with Crippen molar-refractivity contribution < 1.29 is 9.59 Å². The van der Waals surface area contributed by atoms with Gasteiger partial charge in [0, 0.05) is 36.7 Å². The van der Waals surface area contributed by atoms with Crippen LogP contribution in [0.5, 0.6) is 0 Å². The molecule has 1 aliphatic rings. The number of fused-ring (bicyclic) bond motifs is 1. The summed E-state index contributed by atoms with van der Waals surface area (Å²) in [5.74, 6) is -0.00740. The van der Waals surface area contributed by atoms with Crippen LogP contribution in [0.4, 0.5) is 5.69 Å². The van der Waals surface area contributed by atoms with Crippen LogP contribution in [0.1, 0.15) is 13.3 Å². The molecule has 2 heterocycles. The van der Waals surface area contributed by atoms with Crippen LogP contribution in [0.3, 0.4) is 0 Å². The fraction of sp³-hybridized carbons (Fsp3) is 0.267. The number of thioether (sulfide) groups is 1. The maximum atomic E-state index is 12.3. The van der Waals surface area contributed by atoms with Gasteiger partial charge in [0.15, 0.2) is 5.12 Å². The minimum Gasteiger partial charge on any atom is -0.309 e. The molecule has 0 bridgehead atoms. The Morgan fingerprint density at radius 2 is 2.24 bits per heavy atom. The fourth-order valence-corrected chi connectivity index (χ4v) is 3.77. The van der Waals surface area contributed by atoms with Gasteiger partial charge in [0.2, 0.25) is 5.91 Å². The second-order valence-electron chi connectivity index (χ2n) is 4.91. The Labute approximate surface area is 131 Å². The normalized spacial score (nSPS) is 18.5. The summed E-state index contributed by atoms with van der Waals surface area (Å²) in [5, 5.41) is 1.39. The average molecular weight is 321 g/mol. The van der Waals surface area contributed by atoms with Crippen LogP contribution in [-0.4, -0.2) is 27.8 Å². The van der Waals surface area contributed by atoms with E-state index in [0.717, 1.165) is 10.9 Å². The topological polar surface area (TPSA) is 50.3 Å². The monoisotopic (exact) mass is 320 g/mol. The zero-order chi connectivity index (χ0) is 15.0. The predicted molar refractivity (Wildman–Crippen MR) is 85.8 cm³/mol. The largest absolute Gasteiger partial charge is 0.309 e. The van der Waals surface area contributed by atoms with Gasteiger partial charge in [-0.15, -0.1) is 0 Å². The highest BCUT2D eigenvalue weighted by molar-refractivity contribution is 8.14. The van der Waals surface area contributed by atoms with Crippen molar-refractivity contribution in [3.63, 3.8) is 0 Å². The van der Waals surface area contributed by atoms with Gasteiger partial charge in [0.25, 0.3) is 0 Å². The van der Waals surface area contributed by atoms with Gasteiger partial charge in [-0.2, -0.15) is 0 Å². The molecular formula is C15H13ClN2O2S. The first-order valence-corrected chi connectivity index (χ1v) is 7.83. The van der Waals surface area contributed by atoms with Crippen LogP contribution in [0.2, 0.25) is 5.02 Å². The number of nitrogens with zero attached hydrogens (tertiary/aromatic N) is 2. The highest BCUT2D eigenvalue weighted by Gasteiger charge is 2.33. The first kappa shape index (κ1) is 14.4. The lowest BCUT2D eigenvalue weighted by Crippen LogP contribution is -2.25. The van der Waals surface area contributed by atoms with E-state index in [2.05, 4.69) is 4.98 Å². The van der Waals surface area contributed by atoms with E-state index in [0.29, 0.717) is 23.7 Å². The summed E-state index contributed by atoms with van der Waals surface area (Å²) in [6.45, 7) is 2.02. The number of rotatable bonds is 2. The molecule has 21 heavy (non-hydrogen) atoms. The van der Waals surface area contributed by atoms with Crippen molar-refractivity contribution in [2.75, 3.05) is 11.4 Å². The third-order valence-corrected chi connectivity index (χ3v) is 4.69. The number of hydrogen-bond acceptors (Lipinski definition) is 4. The van der Waals surface area contributed by atoms with E-state index in [9.17, 15) is 9.59 Å². The first-order chi connectivity index (χ1) is 10.1. The predicted octanol–water partition coefficient (Wildman–Crippen LogP) is 3.27. The third kappa shape index (κ3) is 2.76. The van der Waals surface area contributed by atoms with Crippen molar-refractivity contribution in [2.45, 2.75) is 18.6 Å². The van der Waals surface area contributed by atoms with Crippen LogP contribution in [0.25, 0.3) is 10.9 Å². The van der Waals surface area contributed by atoms with Gasteiger partial charge >= 0.3 is 0 Å². The number of benzene rings is 1. The second kappa shape index (κ2) is 5.66. The highest BCUT2D eigenvalue weighted by atomic mass is 35.5. The second-order valence-corrected chi connectivity index (χ2v) is 6.79. The summed E-state index contributed by atoms with van der Waals surface area (Å²) in [7, 11) is 0. The van der Waals surface area contributed by atoms with Gasteiger partial charge in [-0.25, -0.2) is 0 Å². The molecule has 108 valence electrons. The lowest BCUT2D eigenvalue weighted by Gasteiger charge is -2.20. The molecule has 0 spiro atoms. The molecule has 0 radical (unpaired) electrons. The molecular weight excluding hydrogens is 308 g/mol. The molecule has 1 aromatic heterocycles. The standard InChI is InChI=1S/C15H13ClN2O2S/c1-9(19)21-10-7-14(20)18(8-10)15-11-3-2-6-17-13(11)5-4-12(15)16/h2-6,10H,7-8H2,1H3. The Bertz CT molecular complexity index is 735. The van der Waals surface area contributed by atoms with Crippen LogP contribution in [-0.2, 0) is 9.59 Å². The highest BCUT2D eigenvalue weighted by Crippen LogP contribution is 2.37. The SMILES string of the molecule is CC(=O)SC1CC(=O)N(c2c(Cl)ccc3ncccc23)C1. The molecule has 1 aliphatic heterocycles. The Hall–Kier alpha value is -1.59. The van der Waals surface area contributed by atoms with E-state index >= 15 is 0 Å². The maximum Gasteiger partial charge on any atom is 0.228 e. The maximum absolute atomic E-state index is 12.3. The number of amides is 1. The molecule has 1 unspecified atom stereocenters. The van der Waals surface area contributed by atoms with Gasteiger partial charge in [-0.05, 0) is 24.3 Å². The molecule has 1 atom stereocenters. The molecule has 2 aromatic rings. The minimum absolute atomic E-state index is 0.00740. The molecule has 3 rings (SSSR count). The third-order valence-electron chi connectivity index (χ3n) is 3.40. The smallest absolute Gasteiger partial charge is 0.228 e. The van der Waals surface area contributed by atoms with Crippen LogP contribution >= 0.6 is 23.4 Å². The van der Waals surface area contributed by atoms with Gasteiger partial charge in [-0.1, -0.05) is 23.4 Å². The molecule has 1 aromatic carbocycles. The van der Waals surface area contributed by atoms with Crippen molar-refractivity contribution in [3.8, 4) is 0 Å². The molecule has 1 amide bonds. The van der Waals surface area contributed by atoms with Crippen LogP contribution < -0.4 is 4.90 Å². The molecule has 0 saturated carbocycles. The molecule has 4 nitrogen and oxygen atoms in total. The van der Waals surface area contributed by atoms with Crippen LogP contribution in [0.15, 0.2) is 30.5 Å². The van der Waals surface area contributed by atoms with Crippen molar-refractivity contribution >= 4 is 51.0 Å². The number of hydrogen-bond donors (Lipinski definition) is 0. The number of carbonyl (C=O) groups excluding carboxylic acids is 2. The van der Waals surface area contributed by atoms with Crippen molar-refractivity contribution in [2.24, 2.45) is 0 Å². The Kier molecular flexibility index (Phi) is 3.87. The summed E-state index contributed by atoms with van der Waals surface area (Å²) in [6.07, 6.45) is 2.07. The van der Waals surface area contributed by atoms with Crippen molar-refractivity contribution in [1.29, 1.82) is 0 Å². The van der Waals surface area contributed by atoms with Gasteiger partial charge in [-0.3, -0.25) is 14.6 Å². The summed E-state index contributed by atoms with van der Waals surface area (Å²) in [5.41, 5.74) is 1.49. The fourth-order valence-electron chi connectivity index (χ4n) is 2.59. The number of carbonyl (C=O) groups is 2. The first-order valence-electron chi connectivity index (χ1n) is 6.57. The van der Waals surface area contributed by atoms with E-state index in [4.69, 9.17) is 11.6 Å². The quantitative estimate of drug-likeness (QED) is 0.852. The molecule has 0 aliphatic carbocycles. The van der Waals surface area contributed by atoms with Crippen molar-refractivity contribution in [3.05, 3.63) is 35.5 Å². The Morgan fingerprint density at radius 3 is 3.00 bits per heavy atom. The number of anilines is 1. The van der Waals surface area contributed by atoms with Gasteiger partial charge in [0.05, 0.1) is 16.2 Å². The van der Waals surface area contributed by atoms with Crippen LogP contribution in [0, 0.1) is 0 Å². The minimum atomic E-state index is -0.0157. The van der Waals surface area contributed by atoms with E-state index < -0.39 is 0 Å². The van der Waals surface area contributed by atoms with Crippen molar-refractivity contribution in [1.82, 2.24) is 4.98 Å². The lowest BCUT2D eigenvalue weighted by molar-refractivity contribution is -0.117. The number of halogens is 1. The molecule has 6 heteroatoms. The zero-order valence-electron chi connectivity index (χ0n) is 11.4. The van der Waals surface area contributed by atoms with Gasteiger partial charge < -0.3 is 4.90 Å². The average Bonchev–Trinajstić information content (AvgIpc) is 2.78. The molecule has 1 saturated heterocycles. The molecule has 0 N–H and O–H groups in total. The van der Waals surface area contributed by atoms with Gasteiger partial charge in [0.1, 0.15) is 0 Å². The number of pyridine rings is 1. The summed E-state index contributed by atoms with van der Waals surface area (Å²) in [6, 6.07) is 7.32. The lowest BCUT2D eigenvalue weighted by atomic mass is 10.1. The molecule has 1 fully saturated rings. The zero-order valence-corrected chi connectivity index (χ0v) is 12.9. The summed E-state index contributed by atoms with van der Waals surface area (Å²) in [4.78, 5) is 29.5. The summed E-state index contributed by atoms with van der Waals surface area (Å²) >= 11 is 7.52. The Morgan fingerprint density at radius 1 is 1.43 bits per heavy atom.